The average Bonchev–Trinajstić information content (AvgIpc) is 2.15. The summed E-state index contributed by atoms with van der Waals surface area (Å²) in [6.45, 7) is 0. The van der Waals surface area contributed by atoms with Gasteiger partial charge in [-0.15, -0.1) is 11.8 Å². The summed E-state index contributed by atoms with van der Waals surface area (Å²) in [6, 6.07) is 1.97. The van der Waals surface area contributed by atoms with Crippen LogP contribution in [0.5, 0.6) is 0 Å². The number of nitrogens with two attached hydrogens (primary N) is 1. The topological polar surface area (TPSA) is 38.9 Å². The first-order valence-corrected chi connectivity index (χ1v) is 6.53. The fourth-order valence-corrected chi connectivity index (χ4v) is 2.41. The Balaban J connectivity index is 2.32. The van der Waals surface area contributed by atoms with Crippen molar-refractivity contribution >= 4 is 29.2 Å². The lowest BCUT2D eigenvalue weighted by Gasteiger charge is -2.03. The van der Waals surface area contributed by atoms with Crippen LogP contribution in [0.2, 0.25) is 0 Å². The zero-order valence-corrected chi connectivity index (χ0v) is 9.33. The van der Waals surface area contributed by atoms with Crippen LogP contribution in [0.4, 0.5) is 5.69 Å². The number of hydrogen-bond acceptors (Lipinski definition) is 4. The van der Waals surface area contributed by atoms with Gasteiger partial charge in [-0.1, -0.05) is 0 Å². The van der Waals surface area contributed by atoms with Crippen molar-refractivity contribution in [3.8, 4) is 0 Å². The van der Waals surface area contributed by atoms with Crippen molar-refractivity contribution in [2.24, 2.45) is 0 Å². The van der Waals surface area contributed by atoms with Crippen molar-refractivity contribution in [2.75, 3.05) is 23.5 Å². The van der Waals surface area contributed by atoms with Crippen LogP contribution in [0.15, 0.2) is 23.4 Å². The monoisotopic (exact) mass is 214 g/mol. The van der Waals surface area contributed by atoms with Gasteiger partial charge in [-0.2, -0.15) is 11.8 Å². The highest BCUT2D eigenvalue weighted by molar-refractivity contribution is 8.00. The van der Waals surface area contributed by atoms with Crippen molar-refractivity contribution in [1.82, 2.24) is 4.98 Å². The van der Waals surface area contributed by atoms with Gasteiger partial charge < -0.3 is 5.73 Å². The Labute approximate surface area is 87.7 Å². The molecule has 0 saturated heterocycles. The summed E-state index contributed by atoms with van der Waals surface area (Å²) < 4.78 is 0. The summed E-state index contributed by atoms with van der Waals surface area (Å²) in [4.78, 5) is 5.10. The maximum atomic E-state index is 5.75. The van der Waals surface area contributed by atoms with Gasteiger partial charge in [-0.05, 0) is 30.2 Å². The fourth-order valence-electron chi connectivity index (χ4n) is 0.911. The van der Waals surface area contributed by atoms with Gasteiger partial charge in [0.25, 0.3) is 0 Å². The summed E-state index contributed by atoms with van der Waals surface area (Å²) in [7, 11) is 0. The van der Waals surface area contributed by atoms with Crippen molar-refractivity contribution < 1.29 is 0 Å². The van der Waals surface area contributed by atoms with Gasteiger partial charge in [0.05, 0.1) is 11.9 Å². The van der Waals surface area contributed by atoms with Crippen LogP contribution in [-0.2, 0) is 0 Å². The largest absolute Gasteiger partial charge is 0.397 e. The smallest absolute Gasteiger partial charge is 0.0638 e. The van der Waals surface area contributed by atoms with Gasteiger partial charge >= 0.3 is 0 Å². The van der Waals surface area contributed by atoms with Crippen LogP contribution in [0.25, 0.3) is 0 Å². The van der Waals surface area contributed by atoms with Crippen molar-refractivity contribution in [2.45, 2.75) is 11.3 Å². The number of nitrogen functional groups attached to an aromatic ring is 1. The Hall–Kier alpha value is -0.350. The molecule has 72 valence electrons. The van der Waals surface area contributed by atoms with E-state index in [2.05, 4.69) is 11.2 Å². The van der Waals surface area contributed by atoms with E-state index in [1.165, 1.54) is 12.2 Å². The van der Waals surface area contributed by atoms with Crippen LogP contribution < -0.4 is 5.73 Å². The molecule has 1 rings (SSSR count). The molecular formula is C9H14N2S2. The Kier molecular flexibility index (Phi) is 5.08. The molecule has 0 aliphatic heterocycles. The first-order chi connectivity index (χ1) is 6.34. The van der Waals surface area contributed by atoms with E-state index in [-0.39, 0.29) is 0 Å². The van der Waals surface area contributed by atoms with E-state index in [0.29, 0.717) is 0 Å². The van der Waals surface area contributed by atoms with Crippen LogP contribution >= 0.6 is 23.5 Å². The number of aromatic nitrogens is 1. The second-order valence-electron chi connectivity index (χ2n) is 2.61. The van der Waals surface area contributed by atoms with Gasteiger partial charge in [0, 0.05) is 11.1 Å². The summed E-state index contributed by atoms with van der Waals surface area (Å²) in [6.07, 6.45) is 6.85. The maximum Gasteiger partial charge on any atom is 0.0638 e. The molecule has 0 saturated carbocycles. The predicted octanol–water partition coefficient (Wildman–Crippen LogP) is 2.51. The van der Waals surface area contributed by atoms with Gasteiger partial charge in [0.1, 0.15) is 0 Å². The zero-order valence-electron chi connectivity index (χ0n) is 7.69. The van der Waals surface area contributed by atoms with Gasteiger partial charge in [0.2, 0.25) is 0 Å². The van der Waals surface area contributed by atoms with E-state index in [1.807, 2.05) is 29.6 Å². The molecule has 0 unspecified atom stereocenters. The zero-order chi connectivity index (χ0) is 9.52. The summed E-state index contributed by atoms with van der Waals surface area (Å²) in [5.41, 5.74) is 6.54. The molecule has 0 aliphatic carbocycles. The summed E-state index contributed by atoms with van der Waals surface area (Å²) >= 11 is 3.69. The highest BCUT2D eigenvalue weighted by Gasteiger charge is 1.97. The minimum Gasteiger partial charge on any atom is -0.397 e. The van der Waals surface area contributed by atoms with Gasteiger partial charge in [0.15, 0.2) is 0 Å². The molecule has 1 heterocycles. The molecule has 1 aromatic heterocycles. The maximum absolute atomic E-state index is 5.75. The minimum atomic E-state index is 0.789. The Morgan fingerprint density at radius 3 is 3.00 bits per heavy atom. The third-order valence-electron chi connectivity index (χ3n) is 1.56. The van der Waals surface area contributed by atoms with Crippen molar-refractivity contribution in [3.05, 3.63) is 18.5 Å². The molecule has 0 amide bonds. The van der Waals surface area contributed by atoms with Crippen LogP contribution in [0.1, 0.15) is 6.42 Å². The second kappa shape index (κ2) is 6.16. The van der Waals surface area contributed by atoms with Gasteiger partial charge in [-0.25, -0.2) is 0 Å². The van der Waals surface area contributed by atoms with E-state index in [9.17, 15) is 0 Å². The van der Waals surface area contributed by atoms with E-state index in [4.69, 9.17) is 5.73 Å². The molecular weight excluding hydrogens is 200 g/mol. The quantitative estimate of drug-likeness (QED) is 0.604. The van der Waals surface area contributed by atoms with Gasteiger partial charge in [-0.3, -0.25) is 4.98 Å². The van der Waals surface area contributed by atoms with Crippen molar-refractivity contribution in [1.29, 1.82) is 0 Å². The molecule has 0 radical (unpaired) electrons. The second-order valence-corrected chi connectivity index (χ2v) is 4.73. The number of rotatable bonds is 5. The number of pyridine rings is 1. The van der Waals surface area contributed by atoms with E-state index < -0.39 is 0 Å². The Morgan fingerprint density at radius 1 is 1.46 bits per heavy atom. The molecule has 0 atom stereocenters. The normalized spacial score (nSPS) is 10.2. The molecule has 2 nitrogen and oxygen atoms in total. The lowest BCUT2D eigenvalue weighted by atomic mass is 10.4. The summed E-state index contributed by atoms with van der Waals surface area (Å²) in [5, 5.41) is 0. The minimum absolute atomic E-state index is 0.789. The highest BCUT2D eigenvalue weighted by Crippen LogP contribution is 2.24. The lowest BCUT2D eigenvalue weighted by molar-refractivity contribution is 1.12. The van der Waals surface area contributed by atoms with Crippen LogP contribution in [0.3, 0.4) is 0 Å². The van der Waals surface area contributed by atoms with Crippen LogP contribution in [-0.4, -0.2) is 22.7 Å². The molecule has 0 fully saturated rings. The number of nitrogens with zero attached hydrogens (tertiary/aromatic N) is 1. The predicted molar refractivity (Wildman–Crippen MR) is 62.4 cm³/mol. The lowest BCUT2D eigenvalue weighted by Crippen LogP contribution is -1.90. The first-order valence-electron chi connectivity index (χ1n) is 4.16. The van der Waals surface area contributed by atoms with Crippen molar-refractivity contribution in [3.63, 3.8) is 0 Å². The van der Waals surface area contributed by atoms with E-state index in [0.717, 1.165) is 16.3 Å². The van der Waals surface area contributed by atoms with E-state index >= 15 is 0 Å². The van der Waals surface area contributed by atoms with E-state index in [1.54, 1.807) is 12.4 Å². The number of thioether (sulfide) groups is 2. The Bertz CT molecular complexity index is 253. The molecule has 0 aliphatic rings. The van der Waals surface area contributed by atoms with Crippen LogP contribution in [0, 0.1) is 0 Å². The first kappa shape index (κ1) is 10.7. The number of hydrogen-bond donors (Lipinski definition) is 1. The third-order valence-corrected chi connectivity index (χ3v) is 3.43. The standard InChI is InChI=1S/C9H14N2S2/c1-12-5-2-6-13-9-3-4-11-7-8(9)10/h3-4,7H,2,5-6,10H2,1H3. The molecule has 1 aromatic rings. The molecule has 0 bridgehead atoms. The average molecular weight is 214 g/mol. The highest BCUT2D eigenvalue weighted by atomic mass is 32.2. The number of anilines is 1. The molecule has 2 N–H and O–H groups in total. The fraction of sp³-hybridized carbons (Fsp3) is 0.444. The molecule has 0 aromatic carbocycles. The molecule has 13 heavy (non-hydrogen) atoms. The Morgan fingerprint density at radius 2 is 2.31 bits per heavy atom. The molecule has 4 heteroatoms. The third kappa shape index (κ3) is 3.91. The summed E-state index contributed by atoms with van der Waals surface area (Å²) in [5.74, 6) is 2.35. The molecule has 0 spiro atoms. The SMILES string of the molecule is CSCCCSc1ccncc1N.